The normalized spacial score (nSPS) is 10.8. The zero-order valence-electron chi connectivity index (χ0n) is 10.9. The molecule has 0 aliphatic heterocycles. The Balaban J connectivity index is 2.28. The lowest BCUT2D eigenvalue weighted by Crippen LogP contribution is -1.91. The van der Waals surface area contributed by atoms with Crippen LogP contribution in [0.5, 0.6) is 5.75 Å². The first-order valence-electron chi connectivity index (χ1n) is 5.95. The molecule has 0 saturated carbocycles. The van der Waals surface area contributed by atoms with Crippen LogP contribution in [-0.2, 0) is 0 Å². The van der Waals surface area contributed by atoms with E-state index in [0.717, 1.165) is 4.88 Å². The van der Waals surface area contributed by atoms with Gasteiger partial charge in [-0.3, -0.25) is 0 Å². The van der Waals surface area contributed by atoms with E-state index in [9.17, 15) is 0 Å². The first kappa shape index (κ1) is 14.3. The Labute approximate surface area is 135 Å². The number of nitrogens with zero attached hydrogens (tertiary/aromatic N) is 1. The van der Waals surface area contributed by atoms with Crippen LogP contribution in [0.3, 0.4) is 0 Å². The summed E-state index contributed by atoms with van der Waals surface area (Å²) >= 11 is 14.0. The maximum atomic E-state index is 6.26. The number of thiophene rings is 1. The van der Waals surface area contributed by atoms with Crippen molar-refractivity contribution in [2.45, 2.75) is 0 Å². The smallest absolute Gasteiger partial charge is 0.190 e. The first-order chi connectivity index (χ1) is 10.1. The quantitative estimate of drug-likeness (QED) is 0.731. The van der Waals surface area contributed by atoms with E-state index in [2.05, 4.69) is 5.16 Å². The molecule has 4 nitrogen and oxygen atoms in total. The third-order valence-electron chi connectivity index (χ3n) is 2.99. The Morgan fingerprint density at radius 1 is 1.19 bits per heavy atom. The number of aromatic nitrogens is 1. The molecule has 0 saturated heterocycles. The molecule has 2 heterocycles. The molecule has 2 aromatic heterocycles. The van der Waals surface area contributed by atoms with E-state index in [0.29, 0.717) is 32.7 Å². The van der Waals surface area contributed by atoms with E-state index >= 15 is 0 Å². The van der Waals surface area contributed by atoms with E-state index in [1.165, 1.54) is 11.3 Å². The predicted molar refractivity (Wildman–Crippen MR) is 86.2 cm³/mol. The fourth-order valence-corrected chi connectivity index (χ4v) is 3.49. The molecule has 0 fully saturated rings. The van der Waals surface area contributed by atoms with Gasteiger partial charge in [0.25, 0.3) is 0 Å². The van der Waals surface area contributed by atoms with E-state index < -0.39 is 0 Å². The fourth-order valence-electron chi connectivity index (χ4n) is 2.06. The Hall–Kier alpha value is -1.69. The third kappa shape index (κ3) is 2.37. The number of halogens is 2. The predicted octanol–water partition coefficient (Wildman–Crippen LogP) is 4.97. The molecule has 3 aromatic rings. The minimum atomic E-state index is 0.232. The number of rotatable bonds is 3. The summed E-state index contributed by atoms with van der Waals surface area (Å²) in [5.41, 5.74) is 7.13. The molecule has 0 unspecified atom stereocenters. The minimum absolute atomic E-state index is 0.232. The van der Waals surface area contributed by atoms with Crippen molar-refractivity contribution < 1.29 is 9.26 Å². The zero-order valence-corrected chi connectivity index (χ0v) is 13.2. The summed E-state index contributed by atoms with van der Waals surface area (Å²) < 4.78 is 10.7. The molecule has 0 aliphatic carbocycles. The van der Waals surface area contributed by atoms with Crippen LogP contribution >= 0.6 is 34.5 Å². The summed E-state index contributed by atoms with van der Waals surface area (Å²) in [4.78, 5) is 0.785. The lowest BCUT2D eigenvalue weighted by Gasteiger charge is -2.07. The molecule has 0 atom stereocenters. The largest absolute Gasteiger partial charge is 0.495 e. The van der Waals surface area contributed by atoms with Gasteiger partial charge in [-0.25, -0.2) is 0 Å². The SMILES string of the molecule is COc1ccsc1-c1onc(N)c1-c1c(Cl)cccc1Cl. The molecule has 1 aromatic carbocycles. The highest BCUT2D eigenvalue weighted by molar-refractivity contribution is 7.14. The summed E-state index contributed by atoms with van der Waals surface area (Å²) in [6.07, 6.45) is 0. The molecule has 0 aliphatic rings. The molecular formula is C14H10Cl2N2O2S. The lowest BCUT2D eigenvalue weighted by molar-refractivity contribution is 0.409. The van der Waals surface area contributed by atoms with Gasteiger partial charge in [0.05, 0.1) is 22.7 Å². The van der Waals surface area contributed by atoms with Crippen LogP contribution in [0.25, 0.3) is 21.8 Å². The summed E-state index contributed by atoms with van der Waals surface area (Å²) in [7, 11) is 1.59. The standard InChI is InChI=1S/C14H10Cl2N2O2S/c1-19-9-5-6-21-13(9)12-11(14(17)18-20-12)10-7(15)3-2-4-8(10)16/h2-6H,1H3,(H2,17,18). The van der Waals surface area contributed by atoms with Crippen molar-refractivity contribution in [3.05, 3.63) is 39.7 Å². The number of anilines is 1. The summed E-state index contributed by atoms with van der Waals surface area (Å²) in [6.45, 7) is 0. The molecular weight excluding hydrogens is 331 g/mol. The van der Waals surface area contributed by atoms with Crippen LogP contribution in [0.1, 0.15) is 0 Å². The van der Waals surface area contributed by atoms with Crippen LogP contribution in [0.2, 0.25) is 10.0 Å². The maximum Gasteiger partial charge on any atom is 0.190 e. The second-order valence-electron chi connectivity index (χ2n) is 4.19. The molecule has 7 heteroatoms. The van der Waals surface area contributed by atoms with E-state index in [4.69, 9.17) is 38.2 Å². The van der Waals surface area contributed by atoms with Crippen molar-refractivity contribution in [1.82, 2.24) is 5.16 Å². The number of nitrogen functional groups attached to an aromatic ring is 1. The van der Waals surface area contributed by atoms with Gasteiger partial charge in [0.2, 0.25) is 0 Å². The molecule has 3 rings (SSSR count). The highest BCUT2D eigenvalue weighted by Crippen LogP contribution is 2.47. The van der Waals surface area contributed by atoms with Gasteiger partial charge in [0.15, 0.2) is 11.6 Å². The number of ether oxygens (including phenoxy) is 1. The topological polar surface area (TPSA) is 61.3 Å². The van der Waals surface area contributed by atoms with Gasteiger partial charge in [-0.2, -0.15) is 0 Å². The van der Waals surface area contributed by atoms with Gasteiger partial charge in [-0.15, -0.1) is 11.3 Å². The van der Waals surface area contributed by atoms with Crippen molar-refractivity contribution in [3.63, 3.8) is 0 Å². The fraction of sp³-hybridized carbons (Fsp3) is 0.0714. The second-order valence-corrected chi connectivity index (χ2v) is 5.92. The monoisotopic (exact) mass is 340 g/mol. The summed E-state index contributed by atoms with van der Waals surface area (Å²) in [5.74, 6) is 1.41. The number of methoxy groups -OCH3 is 1. The summed E-state index contributed by atoms with van der Waals surface area (Å²) in [6, 6.07) is 7.09. The van der Waals surface area contributed by atoms with Crippen molar-refractivity contribution in [1.29, 1.82) is 0 Å². The Morgan fingerprint density at radius 3 is 2.57 bits per heavy atom. The molecule has 0 radical (unpaired) electrons. The van der Waals surface area contributed by atoms with Crippen LogP contribution in [0.4, 0.5) is 5.82 Å². The van der Waals surface area contributed by atoms with Crippen LogP contribution in [-0.4, -0.2) is 12.3 Å². The molecule has 0 amide bonds. The highest BCUT2D eigenvalue weighted by atomic mass is 35.5. The second kappa shape index (κ2) is 5.60. The van der Waals surface area contributed by atoms with Gasteiger partial charge in [0.1, 0.15) is 10.6 Å². The van der Waals surface area contributed by atoms with E-state index in [-0.39, 0.29) is 5.82 Å². The molecule has 21 heavy (non-hydrogen) atoms. The van der Waals surface area contributed by atoms with Crippen LogP contribution < -0.4 is 10.5 Å². The number of hydrogen-bond acceptors (Lipinski definition) is 5. The van der Waals surface area contributed by atoms with Gasteiger partial charge in [-0.1, -0.05) is 34.4 Å². The van der Waals surface area contributed by atoms with Gasteiger partial charge >= 0.3 is 0 Å². The maximum absolute atomic E-state index is 6.26. The summed E-state index contributed by atoms with van der Waals surface area (Å²) in [5, 5.41) is 6.70. The van der Waals surface area contributed by atoms with Crippen molar-refractivity contribution in [2.75, 3.05) is 12.8 Å². The first-order valence-corrected chi connectivity index (χ1v) is 7.58. The van der Waals surface area contributed by atoms with Crippen LogP contribution in [0, 0.1) is 0 Å². The number of benzene rings is 1. The average Bonchev–Trinajstić information content (AvgIpc) is 3.06. The number of nitrogens with two attached hydrogens (primary N) is 1. The lowest BCUT2D eigenvalue weighted by atomic mass is 10.0. The van der Waals surface area contributed by atoms with Crippen molar-refractivity contribution in [3.8, 4) is 27.5 Å². The minimum Gasteiger partial charge on any atom is -0.495 e. The average molecular weight is 341 g/mol. The molecule has 108 valence electrons. The van der Waals surface area contributed by atoms with E-state index in [1.54, 1.807) is 25.3 Å². The van der Waals surface area contributed by atoms with E-state index in [1.807, 2.05) is 11.4 Å². The van der Waals surface area contributed by atoms with Gasteiger partial charge in [0, 0.05) is 5.56 Å². The Kier molecular flexibility index (Phi) is 3.80. The zero-order chi connectivity index (χ0) is 15.0. The third-order valence-corrected chi connectivity index (χ3v) is 4.51. The highest BCUT2D eigenvalue weighted by Gasteiger charge is 2.24. The van der Waals surface area contributed by atoms with Crippen molar-refractivity contribution in [2.24, 2.45) is 0 Å². The Bertz CT molecular complexity index is 778. The van der Waals surface area contributed by atoms with Gasteiger partial charge in [-0.05, 0) is 23.6 Å². The number of hydrogen-bond donors (Lipinski definition) is 1. The molecule has 0 bridgehead atoms. The molecule has 2 N–H and O–H groups in total. The Morgan fingerprint density at radius 2 is 1.90 bits per heavy atom. The van der Waals surface area contributed by atoms with Crippen molar-refractivity contribution >= 4 is 40.4 Å². The molecule has 0 spiro atoms. The van der Waals surface area contributed by atoms with Crippen LogP contribution in [0.15, 0.2) is 34.2 Å². The van der Waals surface area contributed by atoms with Gasteiger partial charge < -0.3 is 15.0 Å².